The van der Waals surface area contributed by atoms with E-state index in [9.17, 15) is 0 Å². The van der Waals surface area contributed by atoms with Crippen LogP contribution >= 0.6 is 0 Å². The number of hydrogen-bond donors (Lipinski definition) is 0. The Kier molecular flexibility index (Phi) is 3.75. The zero-order valence-corrected chi connectivity index (χ0v) is 16.7. The minimum atomic E-state index is 0.367. The Morgan fingerprint density at radius 2 is 1.92 bits per heavy atom. The maximum absolute atomic E-state index is 4.41. The van der Waals surface area contributed by atoms with E-state index in [1.165, 1.54) is 56.9 Å². The first-order valence-electron chi connectivity index (χ1n) is 10.8. The zero-order valence-electron chi connectivity index (χ0n) is 16.7. The Labute approximate surface area is 159 Å². The van der Waals surface area contributed by atoms with Gasteiger partial charge in [0.2, 0.25) is 0 Å². The van der Waals surface area contributed by atoms with Crippen molar-refractivity contribution >= 4 is 5.57 Å². The van der Waals surface area contributed by atoms with Crippen LogP contribution in [0.15, 0.2) is 41.7 Å². The lowest BCUT2D eigenvalue weighted by atomic mass is 9.46. The fourth-order valence-electron chi connectivity index (χ4n) is 7.75. The molecule has 5 atom stereocenters. The average Bonchev–Trinajstić information content (AvgIpc) is 2.99. The molecule has 26 heavy (non-hydrogen) atoms. The highest BCUT2D eigenvalue weighted by Gasteiger charge is 2.57. The van der Waals surface area contributed by atoms with Crippen molar-refractivity contribution in [3.63, 3.8) is 0 Å². The number of fused-ring (bicyclic) bond motifs is 5. The third-order valence-corrected chi connectivity index (χ3v) is 8.99. The first-order valence-corrected chi connectivity index (χ1v) is 10.8. The summed E-state index contributed by atoms with van der Waals surface area (Å²) in [5.41, 5.74) is 7.44. The Hall–Kier alpha value is -1.37. The third-order valence-electron chi connectivity index (χ3n) is 8.99. The topological polar surface area (TPSA) is 12.9 Å². The number of rotatable bonds is 1. The summed E-state index contributed by atoms with van der Waals surface area (Å²) in [6.45, 7) is 7.63. The van der Waals surface area contributed by atoms with Gasteiger partial charge in [0, 0.05) is 12.4 Å². The van der Waals surface area contributed by atoms with Crippen molar-refractivity contribution in [3.8, 4) is 0 Å². The van der Waals surface area contributed by atoms with Gasteiger partial charge in [-0.1, -0.05) is 37.1 Å². The largest absolute Gasteiger partial charge is 0.264 e. The predicted molar refractivity (Wildman–Crippen MR) is 109 cm³/mol. The molecule has 0 aliphatic heterocycles. The van der Waals surface area contributed by atoms with E-state index in [4.69, 9.17) is 0 Å². The monoisotopic (exact) mass is 347 g/mol. The van der Waals surface area contributed by atoms with Gasteiger partial charge in [0.1, 0.15) is 0 Å². The number of nitrogens with zero attached hydrogens (tertiary/aromatic N) is 1. The molecule has 0 spiro atoms. The van der Waals surface area contributed by atoms with Crippen LogP contribution in [0.5, 0.6) is 0 Å². The van der Waals surface area contributed by atoms with E-state index in [-0.39, 0.29) is 0 Å². The summed E-state index contributed by atoms with van der Waals surface area (Å²) in [5, 5.41) is 0. The molecule has 0 aromatic carbocycles. The molecule has 1 heterocycles. The molecule has 4 aliphatic rings. The van der Waals surface area contributed by atoms with Crippen LogP contribution in [0.4, 0.5) is 0 Å². The number of pyridine rings is 1. The minimum absolute atomic E-state index is 0.367. The van der Waals surface area contributed by atoms with Crippen LogP contribution in [-0.2, 0) is 0 Å². The number of allylic oxidation sites excluding steroid dienone is 4. The molecule has 2 fully saturated rings. The second-order valence-electron chi connectivity index (χ2n) is 10.00. The van der Waals surface area contributed by atoms with Crippen LogP contribution in [0.25, 0.3) is 5.57 Å². The van der Waals surface area contributed by atoms with E-state index >= 15 is 0 Å². The van der Waals surface area contributed by atoms with Crippen molar-refractivity contribution in [2.24, 2.45) is 28.6 Å². The van der Waals surface area contributed by atoms with E-state index in [0.717, 1.165) is 17.8 Å². The molecule has 0 bridgehead atoms. The van der Waals surface area contributed by atoms with Crippen LogP contribution in [0.1, 0.15) is 77.7 Å². The zero-order chi connectivity index (χ0) is 17.9. The van der Waals surface area contributed by atoms with Crippen LogP contribution in [0, 0.1) is 28.6 Å². The van der Waals surface area contributed by atoms with Gasteiger partial charge < -0.3 is 0 Å². The third kappa shape index (κ3) is 2.18. The van der Waals surface area contributed by atoms with Crippen LogP contribution in [0.2, 0.25) is 0 Å². The van der Waals surface area contributed by atoms with Gasteiger partial charge >= 0.3 is 0 Å². The molecule has 0 radical (unpaired) electrons. The van der Waals surface area contributed by atoms with Crippen molar-refractivity contribution in [3.05, 3.63) is 47.3 Å². The Morgan fingerprint density at radius 3 is 2.73 bits per heavy atom. The second-order valence-corrected chi connectivity index (χ2v) is 10.00. The maximum atomic E-state index is 4.41. The van der Waals surface area contributed by atoms with E-state index < -0.39 is 0 Å². The number of hydrogen-bond acceptors (Lipinski definition) is 1. The van der Waals surface area contributed by atoms with Gasteiger partial charge in [-0.3, -0.25) is 4.98 Å². The molecular weight excluding hydrogens is 314 g/mol. The van der Waals surface area contributed by atoms with Gasteiger partial charge in [0.25, 0.3) is 0 Å². The second kappa shape index (κ2) is 5.81. The summed E-state index contributed by atoms with van der Waals surface area (Å²) in [4.78, 5) is 4.41. The molecule has 1 nitrogen and oxygen atoms in total. The van der Waals surface area contributed by atoms with Crippen LogP contribution in [-0.4, -0.2) is 4.98 Å². The molecule has 0 amide bonds. The lowest BCUT2D eigenvalue weighted by molar-refractivity contribution is -0.0229. The lowest BCUT2D eigenvalue weighted by Gasteiger charge is -2.58. The van der Waals surface area contributed by atoms with E-state index in [1.807, 2.05) is 11.8 Å². The van der Waals surface area contributed by atoms with Crippen LogP contribution in [0.3, 0.4) is 0 Å². The Balaban J connectivity index is 1.49. The van der Waals surface area contributed by atoms with Gasteiger partial charge in [-0.05, 0) is 104 Å². The van der Waals surface area contributed by atoms with Gasteiger partial charge in [-0.15, -0.1) is 0 Å². The molecule has 5 rings (SSSR count). The molecule has 4 aliphatic carbocycles. The summed E-state index contributed by atoms with van der Waals surface area (Å²) >= 11 is 0. The smallest absolute Gasteiger partial charge is 0.0343 e. The first-order chi connectivity index (χ1) is 12.5. The average molecular weight is 348 g/mol. The molecule has 1 aromatic rings. The Bertz CT molecular complexity index is 773. The summed E-state index contributed by atoms with van der Waals surface area (Å²) < 4.78 is 0. The van der Waals surface area contributed by atoms with E-state index in [1.54, 1.807) is 11.1 Å². The summed E-state index contributed by atoms with van der Waals surface area (Å²) in [6, 6.07) is 4.37. The molecular formula is C25H33N. The highest BCUT2D eigenvalue weighted by Crippen LogP contribution is 2.67. The van der Waals surface area contributed by atoms with Gasteiger partial charge in [0.05, 0.1) is 0 Å². The first kappa shape index (κ1) is 16.8. The standard InChI is InChI=1S/C25H33N/c1-17-6-4-13-24(2)20(17)9-8-19-22-11-10-21(18-7-5-15-26-16-18)25(22,3)14-12-23(19)24/h5,7,10,15-16,19,22-23H,4,6,8-9,11-14H2,1-3H3. The molecule has 0 saturated heterocycles. The summed E-state index contributed by atoms with van der Waals surface area (Å²) in [5.74, 6) is 2.68. The fraction of sp³-hybridized carbons (Fsp3) is 0.640. The minimum Gasteiger partial charge on any atom is -0.264 e. The summed E-state index contributed by atoms with van der Waals surface area (Å²) in [6.07, 6.45) is 17.6. The molecule has 5 unspecified atom stereocenters. The van der Waals surface area contributed by atoms with Gasteiger partial charge in [-0.25, -0.2) is 0 Å². The Morgan fingerprint density at radius 1 is 1.04 bits per heavy atom. The maximum Gasteiger partial charge on any atom is 0.0343 e. The van der Waals surface area contributed by atoms with E-state index in [0.29, 0.717) is 10.8 Å². The van der Waals surface area contributed by atoms with Crippen LogP contribution < -0.4 is 0 Å². The quantitative estimate of drug-likeness (QED) is 0.508. The van der Waals surface area contributed by atoms with Crippen molar-refractivity contribution < 1.29 is 0 Å². The molecule has 2 saturated carbocycles. The normalized spacial score (nSPS) is 42.0. The molecule has 138 valence electrons. The predicted octanol–water partition coefficient (Wildman–Crippen LogP) is 6.82. The highest BCUT2D eigenvalue weighted by molar-refractivity contribution is 5.72. The van der Waals surface area contributed by atoms with Gasteiger partial charge in [-0.2, -0.15) is 0 Å². The summed E-state index contributed by atoms with van der Waals surface area (Å²) in [7, 11) is 0. The molecule has 1 aromatic heterocycles. The van der Waals surface area contributed by atoms with Crippen molar-refractivity contribution in [2.45, 2.75) is 72.1 Å². The molecule has 0 N–H and O–H groups in total. The number of aromatic nitrogens is 1. The van der Waals surface area contributed by atoms with Crippen molar-refractivity contribution in [1.82, 2.24) is 4.98 Å². The van der Waals surface area contributed by atoms with Gasteiger partial charge in [0.15, 0.2) is 0 Å². The SMILES string of the molecule is CC1=C2CCC3C4CC=C(c5cccnc5)C4(C)CCC3C2(C)CCC1. The van der Waals surface area contributed by atoms with Crippen molar-refractivity contribution in [1.29, 1.82) is 0 Å². The fourth-order valence-corrected chi connectivity index (χ4v) is 7.75. The van der Waals surface area contributed by atoms with Crippen molar-refractivity contribution in [2.75, 3.05) is 0 Å². The molecule has 1 heteroatoms. The lowest BCUT2D eigenvalue weighted by Crippen LogP contribution is -2.49. The highest BCUT2D eigenvalue weighted by atomic mass is 14.6. The van der Waals surface area contributed by atoms with E-state index in [2.05, 4.69) is 50.2 Å².